The van der Waals surface area contributed by atoms with Crippen molar-refractivity contribution in [1.82, 2.24) is 5.32 Å². The standard InChI is InChI=1S/C14H19F2NO3/c1-10(9-18)4-3-7-17-13(19)11-5-2-6-12(8-11)20-14(15)16/h2,5-6,8,10,14,18H,3-4,7,9H2,1H3,(H,17,19). The fourth-order valence-electron chi connectivity index (χ4n) is 1.66. The molecule has 0 bridgehead atoms. The van der Waals surface area contributed by atoms with E-state index in [1.807, 2.05) is 6.92 Å². The SMILES string of the molecule is CC(CO)CCCNC(=O)c1cccc(OC(F)F)c1. The van der Waals surface area contributed by atoms with Gasteiger partial charge in [-0.1, -0.05) is 13.0 Å². The van der Waals surface area contributed by atoms with E-state index in [1.54, 1.807) is 0 Å². The van der Waals surface area contributed by atoms with E-state index in [9.17, 15) is 13.6 Å². The van der Waals surface area contributed by atoms with Gasteiger partial charge in [-0.2, -0.15) is 8.78 Å². The Hall–Kier alpha value is -1.69. The summed E-state index contributed by atoms with van der Waals surface area (Å²) in [6.45, 7) is -0.384. The molecule has 1 unspecified atom stereocenters. The van der Waals surface area contributed by atoms with Crippen molar-refractivity contribution >= 4 is 5.91 Å². The van der Waals surface area contributed by atoms with Gasteiger partial charge in [0.1, 0.15) is 5.75 Å². The van der Waals surface area contributed by atoms with Crippen LogP contribution < -0.4 is 10.1 Å². The fourth-order valence-corrected chi connectivity index (χ4v) is 1.66. The van der Waals surface area contributed by atoms with E-state index in [-0.39, 0.29) is 29.7 Å². The number of carbonyl (C=O) groups is 1. The van der Waals surface area contributed by atoms with Crippen LogP contribution in [0.3, 0.4) is 0 Å². The smallest absolute Gasteiger partial charge is 0.387 e. The second-order valence-electron chi connectivity index (χ2n) is 4.59. The Balaban J connectivity index is 2.43. The molecule has 0 aliphatic rings. The molecule has 1 atom stereocenters. The highest BCUT2D eigenvalue weighted by Gasteiger charge is 2.09. The van der Waals surface area contributed by atoms with Crippen molar-refractivity contribution in [2.75, 3.05) is 13.2 Å². The number of ether oxygens (including phenoxy) is 1. The Morgan fingerprint density at radius 3 is 2.85 bits per heavy atom. The van der Waals surface area contributed by atoms with Gasteiger partial charge in [-0.25, -0.2) is 0 Å². The zero-order valence-corrected chi connectivity index (χ0v) is 11.3. The van der Waals surface area contributed by atoms with Crippen molar-refractivity contribution in [3.05, 3.63) is 29.8 Å². The van der Waals surface area contributed by atoms with Crippen LogP contribution in [-0.4, -0.2) is 30.8 Å². The molecule has 2 N–H and O–H groups in total. The quantitative estimate of drug-likeness (QED) is 0.722. The average molecular weight is 287 g/mol. The zero-order chi connectivity index (χ0) is 15.0. The summed E-state index contributed by atoms with van der Waals surface area (Å²) >= 11 is 0. The average Bonchev–Trinajstić information content (AvgIpc) is 2.42. The van der Waals surface area contributed by atoms with Gasteiger partial charge < -0.3 is 15.2 Å². The number of amides is 1. The Morgan fingerprint density at radius 1 is 1.45 bits per heavy atom. The van der Waals surface area contributed by atoms with E-state index in [1.165, 1.54) is 24.3 Å². The van der Waals surface area contributed by atoms with E-state index >= 15 is 0 Å². The molecule has 0 saturated carbocycles. The van der Waals surface area contributed by atoms with Crippen LogP contribution >= 0.6 is 0 Å². The van der Waals surface area contributed by atoms with Crippen LogP contribution in [0.1, 0.15) is 30.1 Å². The number of alkyl halides is 2. The third-order valence-corrected chi connectivity index (χ3v) is 2.79. The summed E-state index contributed by atoms with van der Waals surface area (Å²) in [5, 5.41) is 11.6. The summed E-state index contributed by atoms with van der Waals surface area (Å²) in [4.78, 5) is 11.8. The van der Waals surface area contributed by atoms with E-state index in [0.29, 0.717) is 6.54 Å². The van der Waals surface area contributed by atoms with Crippen molar-refractivity contribution in [1.29, 1.82) is 0 Å². The Morgan fingerprint density at radius 2 is 2.20 bits per heavy atom. The molecular formula is C14H19F2NO3. The number of aliphatic hydroxyl groups is 1. The van der Waals surface area contributed by atoms with Crippen LogP contribution in [0.2, 0.25) is 0 Å². The number of nitrogens with one attached hydrogen (secondary N) is 1. The van der Waals surface area contributed by atoms with Crippen molar-refractivity contribution in [3.63, 3.8) is 0 Å². The summed E-state index contributed by atoms with van der Waals surface area (Å²) in [5.74, 6) is -0.169. The maximum Gasteiger partial charge on any atom is 0.387 e. The predicted molar refractivity (Wildman–Crippen MR) is 70.9 cm³/mol. The van der Waals surface area contributed by atoms with Crippen LogP contribution in [0.5, 0.6) is 5.75 Å². The Bertz CT molecular complexity index is 427. The molecule has 112 valence electrons. The van der Waals surface area contributed by atoms with Gasteiger partial charge in [-0.05, 0) is 37.0 Å². The minimum Gasteiger partial charge on any atom is -0.435 e. The van der Waals surface area contributed by atoms with Crippen LogP contribution in [0.25, 0.3) is 0 Å². The largest absolute Gasteiger partial charge is 0.435 e. The molecule has 0 fully saturated rings. The van der Waals surface area contributed by atoms with E-state index in [2.05, 4.69) is 10.1 Å². The van der Waals surface area contributed by atoms with Crippen LogP contribution in [0.4, 0.5) is 8.78 Å². The molecule has 0 aromatic heterocycles. The third-order valence-electron chi connectivity index (χ3n) is 2.79. The first-order valence-electron chi connectivity index (χ1n) is 6.47. The van der Waals surface area contributed by atoms with Gasteiger partial charge >= 0.3 is 6.61 Å². The molecule has 0 aliphatic heterocycles. The molecule has 1 amide bonds. The third kappa shape index (κ3) is 5.97. The number of halogens is 2. The van der Waals surface area contributed by atoms with Crippen molar-refractivity contribution in [2.24, 2.45) is 5.92 Å². The number of carbonyl (C=O) groups excluding carboxylic acids is 1. The lowest BCUT2D eigenvalue weighted by atomic mass is 10.1. The van der Waals surface area contributed by atoms with Crippen molar-refractivity contribution in [3.8, 4) is 5.75 Å². The lowest BCUT2D eigenvalue weighted by Gasteiger charge is -2.09. The first-order chi connectivity index (χ1) is 9.52. The minimum atomic E-state index is -2.91. The molecule has 1 aromatic carbocycles. The maximum absolute atomic E-state index is 12.1. The molecular weight excluding hydrogens is 268 g/mol. The monoisotopic (exact) mass is 287 g/mol. The van der Waals surface area contributed by atoms with Gasteiger partial charge in [0.2, 0.25) is 0 Å². The number of hydrogen-bond acceptors (Lipinski definition) is 3. The number of hydrogen-bond donors (Lipinski definition) is 2. The minimum absolute atomic E-state index is 0.0402. The second kappa shape index (κ2) is 8.47. The topological polar surface area (TPSA) is 58.6 Å². The van der Waals surface area contributed by atoms with E-state index in [0.717, 1.165) is 12.8 Å². The Kier molecular flexibility index (Phi) is 6.93. The summed E-state index contributed by atoms with van der Waals surface area (Å²) in [6, 6.07) is 5.66. The molecule has 0 spiro atoms. The van der Waals surface area contributed by atoms with Gasteiger partial charge in [0.05, 0.1) is 0 Å². The number of aliphatic hydroxyl groups excluding tert-OH is 1. The number of benzene rings is 1. The number of rotatable bonds is 8. The first kappa shape index (κ1) is 16.4. The normalized spacial score (nSPS) is 12.2. The van der Waals surface area contributed by atoms with Gasteiger partial charge in [-0.3, -0.25) is 4.79 Å². The molecule has 1 rings (SSSR count). The van der Waals surface area contributed by atoms with E-state index < -0.39 is 6.61 Å². The summed E-state index contributed by atoms with van der Waals surface area (Å²) in [6.07, 6.45) is 1.56. The van der Waals surface area contributed by atoms with Crippen LogP contribution in [0, 0.1) is 5.92 Å². The fraction of sp³-hybridized carbons (Fsp3) is 0.500. The van der Waals surface area contributed by atoms with Crippen molar-refractivity contribution in [2.45, 2.75) is 26.4 Å². The second-order valence-corrected chi connectivity index (χ2v) is 4.59. The molecule has 0 heterocycles. The lowest BCUT2D eigenvalue weighted by Crippen LogP contribution is -2.25. The van der Waals surface area contributed by atoms with E-state index in [4.69, 9.17) is 5.11 Å². The van der Waals surface area contributed by atoms with Crippen LogP contribution in [0.15, 0.2) is 24.3 Å². The van der Waals surface area contributed by atoms with Crippen molar-refractivity contribution < 1.29 is 23.4 Å². The molecule has 6 heteroatoms. The maximum atomic E-state index is 12.1. The highest BCUT2D eigenvalue weighted by atomic mass is 19.3. The zero-order valence-electron chi connectivity index (χ0n) is 11.3. The summed E-state index contributed by atoms with van der Waals surface area (Å²) in [7, 11) is 0. The molecule has 0 radical (unpaired) electrons. The van der Waals surface area contributed by atoms with Crippen LogP contribution in [-0.2, 0) is 0 Å². The molecule has 1 aromatic rings. The first-order valence-corrected chi connectivity index (χ1v) is 6.47. The predicted octanol–water partition coefficient (Wildman–Crippen LogP) is 2.43. The molecule has 4 nitrogen and oxygen atoms in total. The summed E-state index contributed by atoms with van der Waals surface area (Å²) < 4.78 is 28.4. The lowest BCUT2D eigenvalue weighted by molar-refractivity contribution is -0.0498. The van der Waals surface area contributed by atoms with Gasteiger partial charge in [-0.15, -0.1) is 0 Å². The van der Waals surface area contributed by atoms with Gasteiger partial charge in [0, 0.05) is 18.7 Å². The van der Waals surface area contributed by atoms with Gasteiger partial charge in [0.15, 0.2) is 0 Å². The molecule has 0 saturated heterocycles. The molecule has 0 aliphatic carbocycles. The van der Waals surface area contributed by atoms with Gasteiger partial charge in [0.25, 0.3) is 5.91 Å². The molecule has 20 heavy (non-hydrogen) atoms. The highest BCUT2D eigenvalue weighted by molar-refractivity contribution is 5.94. The highest BCUT2D eigenvalue weighted by Crippen LogP contribution is 2.15. The Labute approximate surface area is 116 Å². The summed E-state index contributed by atoms with van der Waals surface area (Å²) in [5.41, 5.74) is 0.276.